The van der Waals surface area contributed by atoms with Crippen molar-refractivity contribution in [1.29, 1.82) is 0 Å². The Morgan fingerprint density at radius 1 is 1.06 bits per heavy atom. The van der Waals surface area contributed by atoms with E-state index in [2.05, 4.69) is 0 Å². The van der Waals surface area contributed by atoms with E-state index in [0.29, 0.717) is 5.02 Å². The van der Waals surface area contributed by atoms with E-state index in [1.165, 1.54) is 0 Å². The smallest absolute Gasteiger partial charge is 0.128 e. The van der Waals surface area contributed by atoms with Crippen molar-refractivity contribution in [3.63, 3.8) is 0 Å². The minimum atomic E-state index is 0. The maximum atomic E-state index is 5.87. The molecule has 0 aliphatic rings. The molecule has 2 nitrogen and oxygen atoms in total. The molecule has 2 rings (SSSR count). The summed E-state index contributed by atoms with van der Waals surface area (Å²) in [5, 5.41) is 0.657. The summed E-state index contributed by atoms with van der Waals surface area (Å²) in [6, 6.07) is 12.9. The number of hydrogen-bond donors (Lipinski definition) is 1. The van der Waals surface area contributed by atoms with Crippen LogP contribution >= 0.6 is 24.0 Å². The fraction of sp³-hybridized carbons (Fsp3) is 0.0769. The number of benzene rings is 2. The van der Waals surface area contributed by atoms with Crippen LogP contribution < -0.4 is 10.5 Å². The average Bonchev–Trinajstić information content (AvgIpc) is 2.24. The lowest BCUT2D eigenvalue weighted by molar-refractivity contribution is 0.482. The third-order valence-corrected chi connectivity index (χ3v) is 2.51. The Hall–Kier alpha value is -1.38. The van der Waals surface area contributed by atoms with Gasteiger partial charge in [-0.1, -0.05) is 17.7 Å². The highest BCUT2D eigenvalue weighted by Crippen LogP contribution is 2.26. The molecule has 0 heterocycles. The molecule has 0 spiro atoms. The van der Waals surface area contributed by atoms with Crippen LogP contribution in [0.1, 0.15) is 5.56 Å². The van der Waals surface area contributed by atoms with Crippen molar-refractivity contribution in [1.82, 2.24) is 0 Å². The van der Waals surface area contributed by atoms with Crippen LogP contribution in [-0.4, -0.2) is 0 Å². The summed E-state index contributed by atoms with van der Waals surface area (Å²) < 4.78 is 5.65. The fourth-order valence-corrected chi connectivity index (χ4v) is 1.56. The SMILES string of the molecule is Cc1cc(Oc2cccc(Cl)c2)ccc1N.Cl. The Labute approximate surface area is 112 Å². The molecule has 0 radical (unpaired) electrons. The molecule has 2 aromatic rings. The molecule has 0 saturated heterocycles. The van der Waals surface area contributed by atoms with Gasteiger partial charge in [0.05, 0.1) is 0 Å². The van der Waals surface area contributed by atoms with E-state index < -0.39 is 0 Å². The molecular weight excluding hydrogens is 257 g/mol. The zero-order valence-corrected chi connectivity index (χ0v) is 10.9. The van der Waals surface area contributed by atoms with Crippen molar-refractivity contribution in [2.75, 3.05) is 5.73 Å². The van der Waals surface area contributed by atoms with Gasteiger partial charge in [0.1, 0.15) is 11.5 Å². The minimum absolute atomic E-state index is 0. The number of rotatable bonds is 2. The van der Waals surface area contributed by atoms with E-state index in [1.54, 1.807) is 6.07 Å². The number of nitrogen functional groups attached to an aromatic ring is 1. The first-order valence-corrected chi connectivity index (χ1v) is 5.32. The van der Waals surface area contributed by atoms with Crippen LogP contribution in [0.5, 0.6) is 11.5 Å². The summed E-state index contributed by atoms with van der Waals surface area (Å²) in [5.41, 5.74) is 7.49. The molecule has 4 heteroatoms. The van der Waals surface area contributed by atoms with E-state index in [9.17, 15) is 0 Å². The van der Waals surface area contributed by atoms with Gasteiger partial charge >= 0.3 is 0 Å². The summed E-state index contributed by atoms with van der Waals surface area (Å²) in [6.45, 7) is 1.94. The molecule has 2 aromatic carbocycles. The molecule has 90 valence electrons. The Kier molecular flexibility index (Phi) is 4.67. The molecule has 0 amide bonds. The van der Waals surface area contributed by atoms with Crippen molar-refractivity contribution >= 4 is 29.7 Å². The number of aryl methyl sites for hydroxylation is 1. The van der Waals surface area contributed by atoms with E-state index >= 15 is 0 Å². The number of hydrogen-bond acceptors (Lipinski definition) is 2. The quantitative estimate of drug-likeness (QED) is 0.818. The minimum Gasteiger partial charge on any atom is -0.457 e. The van der Waals surface area contributed by atoms with Gasteiger partial charge < -0.3 is 10.5 Å². The van der Waals surface area contributed by atoms with Gasteiger partial charge in [0, 0.05) is 10.7 Å². The lowest BCUT2D eigenvalue weighted by atomic mass is 10.2. The van der Waals surface area contributed by atoms with Crippen molar-refractivity contribution in [3.8, 4) is 11.5 Å². The molecule has 0 aliphatic carbocycles. The Morgan fingerprint density at radius 3 is 2.41 bits per heavy atom. The van der Waals surface area contributed by atoms with Gasteiger partial charge in [-0.15, -0.1) is 12.4 Å². The predicted octanol–water partition coefficient (Wildman–Crippen LogP) is 4.44. The van der Waals surface area contributed by atoms with Gasteiger partial charge in [0.25, 0.3) is 0 Å². The monoisotopic (exact) mass is 269 g/mol. The second-order valence-corrected chi connectivity index (χ2v) is 4.01. The van der Waals surface area contributed by atoms with E-state index in [1.807, 2.05) is 43.3 Å². The van der Waals surface area contributed by atoms with Crippen LogP contribution in [0.15, 0.2) is 42.5 Å². The second-order valence-electron chi connectivity index (χ2n) is 3.58. The van der Waals surface area contributed by atoms with Crippen molar-refractivity contribution in [2.45, 2.75) is 6.92 Å². The summed E-state index contributed by atoms with van der Waals surface area (Å²) in [4.78, 5) is 0. The molecular formula is C13H13Cl2NO. The normalized spacial score (nSPS) is 9.53. The number of ether oxygens (including phenoxy) is 1. The van der Waals surface area contributed by atoms with E-state index in [4.69, 9.17) is 22.1 Å². The topological polar surface area (TPSA) is 35.2 Å². The molecule has 0 bridgehead atoms. The lowest BCUT2D eigenvalue weighted by Gasteiger charge is -2.07. The van der Waals surface area contributed by atoms with Crippen LogP contribution in [0.4, 0.5) is 5.69 Å². The van der Waals surface area contributed by atoms with Crippen LogP contribution in [0.2, 0.25) is 5.02 Å². The predicted molar refractivity (Wildman–Crippen MR) is 74.4 cm³/mol. The van der Waals surface area contributed by atoms with Crippen LogP contribution in [0, 0.1) is 6.92 Å². The first kappa shape index (κ1) is 13.7. The Morgan fingerprint density at radius 2 is 1.76 bits per heavy atom. The average molecular weight is 270 g/mol. The van der Waals surface area contributed by atoms with E-state index in [-0.39, 0.29) is 12.4 Å². The molecule has 0 fully saturated rings. The van der Waals surface area contributed by atoms with Crippen molar-refractivity contribution in [2.24, 2.45) is 0 Å². The number of nitrogens with two attached hydrogens (primary N) is 1. The maximum Gasteiger partial charge on any atom is 0.128 e. The van der Waals surface area contributed by atoms with Gasteiger partial charge in [-0.2, -0.15) is 0 Å². The molecule has 17 heavy (non-hydrogen) atoms. The molecule has 0 atom stereocenters. The number of anilines is 1. The van der Waals surface area contributed by atoms with Crippen LogP contribution in [-0.2, 0) is 0 Å². The Bertz CT molecular complexity index is 515. The zero-order valence-electron chi connectivity index (χ0n) is 9.31. The summed E-state index contributed by atoms with van der Waals surface area (Å²) >= 11 is 5.87. The molecule has 0 aromatic heterocycles. The maximum absolute atomic E-state index is 5.87. The van der Waals surface area contributed by atoms with Crippen molar-refractivity contribution in [3.05, 3.63) is 53.1 Å². The van der Waals surface area contributed by atoms with E-state index in [0.717, 1.165) is 22.7 Å². The first-order valence-electron chi connectivity index (χ1n) is 4.95. The standard InChI is InChI=1S/C13H12ClNO.ClH/c1-9-7-12(5-6-13(9)15)16-11-4-2-3-10(14)8-11;/h2-8H,15H2,1H3;1H. The molecule has 2 N–H and O–H groups in total. The van der Waals surface area contributed by atoms with Crippen LogP contribution in [0.25, 0.3) is 0 Å². The molecule has 0 unspecified atom stereocenters. The summed E-state index contributed by atoms with van der Waals surface area (Å²) in [5.74, 6) is 1.48. The second kappa shape index (κ2) is 5.80. The fourth-order valence-electron chi connectivity index (χ4n) is 1.38. The van der Waals surface area contributed by atoms with Crippen molar-refractivity contribution < 1.29 is 4.74 Å². The lowest BCUT2D eigenvalue weighted by Crippen LogP contribution is -1.90. The van der Waals surface area contributed by atoms with Gasteiger partial charge in [-0.3, -0.25) is 0 Å². The largest absolute Gasteiger partial charge is 0.457 e. The van der Waals surface area contributed by atoms with Gasteiger partial charge in [0.2, 0.25) is 0 Å². The summed E-state index contributed by atoms with van der Waals surface area (Å²) in [6.07, 6.45) is 0. The highest BCUT2D eigenvalue weighted by Gasteiger charge is 2.00. The molecule has 0 aliphatic heterocycles. The van der Waals surface area contributed by atoms with Gasteiger partial charge in [0.15, 0.2) is 0 Å². The molecule has 0 saturated carbocycles. The van der Waals surface area contributed by atoms with Gasteiger partial charge in [-0.05, 0) is 48.9 Å². The zero-order chi connectivity index (χ0) is 11.5. The number of halogens is 2. The highest BCUT2D eigenvalue weighted by molar-refractivity contribution is 6.30. The third-order valence-electron chi connectivity index (χ3n) is 2.27. The van der Waals surface area contributed by atoms with Crippen LogP contribution in [0.3, 0.4) is 0 Å². The highest BCUT2D eigenvalue weighted by atomic mass is 35.5. The third kappa shape index (κ3) is 3.55. The summed E-state index contributed by atoms with van der Waals surface area (Å²) in [7, 11) is 0. The van der Waals surface area contributed by atoms with Gasteiger partial charge in [-0.25, -0.2) is 0 Å². The Balaban J connectivity index is 0.00000144. The first-order chi connectivity index (χ1) is 7.65.